The van der Waals surface area contributed by atoms with Crippen molar-refractivity contribution < 1.29 is 4.74 Å². The van der Waals surface area contributed by atoms with Gasteiger partial charge in [0.15, 0.2) is 5.82 Å². The van der Waals surface area contributed by atoms with Gasteiger partial charge in [-0.05, 0) is 24.3 Å². The molecule has 0 aliphatic carbocycles. The molecular weight excluding hydrogens is 278 g/mol. The van der Waals surface area contributed by atoms with Gasteiger partial charge in [-0.15, -0.1) is 0 Å². The minimum atomic E-state index is 0.733. The third-order valence-electron chi connectivity index (χ3n) is 3.47. The molecule has 0 aliphatic rings. The second kappa shape index (κ2) is 5.00. The maximum atomic E-state index is 5.30. The van der Waals surface area contributed by atoms with Crippen molar-refractivity contribution in [3.8, 4) is 17.3 Å². The summed E-state index contributed by atoms with van der Waals surface area (Å²) < 4.78 is 8.85. The second-order valence-electron chi connectivity index (χ2n) is 4.78. The predicted octanol–water partition coefficient (Wildman–Crippen LogP) is 2.61. The summed E-state index contributed by atoms with van der Waals surface area (Å²) in [6.07, 6.45) is 7.25. The number of benzene rings is 1. The number of pyridine rings is 1. The van der Waals surface area contributed by atoms with Gasteiger partial charge in [-0.2, -0.15) is 10.2 Å². The molecule has 4 aromatic rings. The average molecular weight is 291 g/mol. The van der Waals surface area contributed by atoms with Crippen LogP contribution in [0, 0.1) is 0 Å². The molecule has 6 nitrogen and oxygen atoms in total. The minimum absolute atomic E-state index is 0.733. The Bertz CT molecular complexity index is 913. The Balaban J connectivity index is 2.03. The van der Waals surface area contributed by atoms with Crippen LogP contribution in [0.1, 0.15) is 0 Å². The quantitative estimate of drug-likeness (QED) is 0.582. The van der Waals surface area contributed by atoms with Gasteiger partial charge in [0.2, 0.25) is 0 Å². The molecule has 0 saturated carbocycles. The van der Waals surface area contributed by atoms with Crippen LogP contribution in [0.2, 0.25) is 0 Å². The SMILES string of the molecule is COc1ccc2c(-n3cccn3)cc(-n3cccn3)nc2c1. The Labute approximate surface area is 126 Å². The van der Waals surface area contributed by atoms with Gasteiger partial charge >= 0.3 is 0 Å². The van der Waals surface area contributed by atoms with E-state index in [1.54, 1.807) is 24.2 Å². The summed E-state index contributed by atoms with van der Waals surface area (Å²) in [5.41, 5.74) is 1.78. The minimum Gasteiger partial charge on any atom is -0.497 e. The van der Waals surface area contributed by atoms with Crippen LogP contribution in [0.4, 0.5) is 0 Å². The molecule has 0 bridgehead atoms. The van der Waals surface area contributed by atoms with Crippen LogP contribution in [-0.2, 0) is 0 Å². The molecule has 1 aromatic carbocycles. The van der Waals surface area contributed by atoms with Crippen molar-refractivity contribution in [2.45, 2.75) is 0 Å². The van der Waals surface area contributed by atoms with Crippen LogP contribution >= 0.6 is 0 Å². The Hall–Kier alpha value is -3.15. The van der Waals surface area contributed by atoms with E-state index in [0.717, 1.165) is 28.2 Å². The fraction of sp³-hybridized carbons (Fsp3) is 0.0625. The number of methoxy groups -OCH3 is 1. The van der Waals surface area contributed by atoms with Gasteiger partial charge in [-0.1, -0.05) is 0 Å². The van der Waals surface area contributed by atoms with Gasteiger partial charge in [0.25, 0.3) is 0 Å². The van der Waals surface area contributed by atoms with E-state index in [1.165, 1.54) is 0 Å². The van der Waals surface area contributed by atoms with Crippen molar-refractivity contribution in [3.05, 3.63) is 61.2 Å². The number of aromatic nitrogens is 5. The number of nitrogens with zero attached hydrogens (tertiary/aromatic N) is 5. The first-order valence-electron chi connectivity index (χ1n) is 6.84. The summed E-state index contributed by atoms with van der Waals surface area (Å²) in [6.45, 7) is 0. The summed E-state index contributed by atoms with van der Waals surface area (Å²) >= 11 is 0. The Kier molecular flexibility index (Phi) is 2.86. The molecule has 3 aromatic heterocycles. The molecule has 0 N–H and O–H groups in total. The van der Waals surface area contributed by atoms with Crippen molar-refractivity contribution in [2.75, 3.05) is 7.11 Å². The lowest BCUT2D eigenvalue weighted by Crippen LogP contribution is -2.03. The summed E-state index contributed by atoms with van der Waals surface area (Å²) in [6, 6.07) is 11.5. The molecule has 0 unspecified atom stereocenters. The standard InChI is InChI=1S/C16H13N5O/c1-22-12-4-5-13-14(10-12)19-16(21-9-3-7-18-21)11-15(13)20-8-2-6-17-20/h2-11H,1H3. The maximum Gasteiger partial charge on any atom is 0.156 e. The van der Waals surface area contributed by atoms with Crippen molar-refractivity contribution in [3.63, 3.8) is 0 Å². The molecule has 0 atom stereocenters. The van der Waals surface area contributed by atoms with Gasteiger partial charge in [0.1, 0.15) is 5.75 Å². The molecule has 0 spiro atoms. The van der Waals surface area contributed by atoms with E-state index in [2.05, 4.69) is 15.2 Å². The summed E-state index contributed by atoms with van der Waals surface area (Å²) in [4.78, 5) is 4.68. The summed E-state index contributed by atoms with van der Waals surface area (Å²) in [7, 11) is 1.65. The first kappa shape index (κ1) is 12.6. The lowest BCUT2D eigenvalue weighted by Gasteiger charge is -2.11. The average Bonchev–Trinajstić information content (AvgIpc) is 3.26. The third kappa shape index (κ3) is 2.01. The fourth-order valence-electron chi connectivity index (χ4n) is 2.43. The van der Waals surface area contributed by atoms with Crippen molar-refractivity contribution in [1.29, 1.82) is 0 Å². The zero-order valence-corrected chi connectivity index (χ0v) is 11.9. The largest absolute Gasteiger partial charge is 0.497 e. The van der Waals surface area contributed by atoms with Crippen LogP contribution < -0.4 is 4.74 Å². The highest BCUT2D eigenvalue weighted by Gasteiger charge is 2.10. The van der Waals surface area contributed by atoms with E-state index in [9.17, 15) is 0 Å². The summed E-state index contributed by atoms with van der Waals surface area (Å²) in [5, 5.41) is 9.58. The summed E-state index contributed by atoms with van der Waals surface area (Å²) in [5.74, 6) is 1.50. The van der Waals surface area contributed by atoms with Gasteiger partial charge in [-0.25, -0.2) is 14.3 Å². The van der Waals surface area contributed by atoms with Crippen LogP contribution in [0.15, 0.2) is 61.2 Å². The highest BCUT2D eigenvalue weighted by Crippen LogP contribution is 2.26. The molecule has 22 heavy (non-hydrogen) atoms. The van der Waals surface area contributed by atoms with E-state index in [-0.39, 0.29) is 0 Å². The van der Waals surface area contributed by atoms with E-state index in [0.29, 0.717) is 0 Å². The second-order valence-corrected chi connectivity index (χ2v) is 4.78. The molecule has 0 aliphatic heterocycles. The molecule has 0 fully saturated rings. The van der Waals surface area contributed by atoms with Crippen LogP contribution in [-0.4, -0.2) is 31.7 Å². The zero-order valence-electron chi connectivity index (χ0n) is 11.9. The molecule has 0 saturated heterocycles. The zero-order chi connectivity index (χ0) is 14.9. The lowest BCUT2D eigenvalue weighted by molar-refractivity contribution is 0.415. The fourth-order valence-corrected chi connectivity index (χ4v) is 2.43. The Morgan fingerprint density at radius 3 is 2.41 bits per heavy atom. The smallest absolute Gasteiger partial charge is 0.156 e. The van der Waals surface area contributed by atoms with Crippen LogP contribution in [0.3, 0.4) is 0 Å². The number of ether oxygens (including phenoxy) is 1. The highest BCUT2D eigenvalue weighted by molar-refractivity contribution is 5.89. The van der Waals surface area contributed by atoms with E-state index in [1.807, 2.05) is 53.5 Å². The molecule has 0 amide bonds. The molecule has 0 radical (unpaired) electrons. The topological polar surface area (TPSA) is 57.8 Å². The highest BCUT2D eigenvalue weighted by atomic mass is 16.5. The number of hydrogen-bond donors (Lipinski definition) is 0. The van der Waals surface area contributed by atoms with Gasteiger partial charge in [0.05, 0.1) is 18.3 Å². The number of hydrogen-bond acceptors (Lipinski definition) is 4. The van der Waals surface area contributed by atoms with Gasteiger partial charge < -0.3 is 4.74 Å². The predicted molar refractivity (Wildman–Crippen MR) is 82.5 cm³/mol. The third-order valence-corrected chi connectivity index (χ3v) is 3.47. The van der Waals surface area contributed by atoms with E-state index >= 15 is 0 Å². The van der Waals surface area contributed by atoms with Crippen molar-refractivity contribution in [2.24, 2.45) is 0 Å². The van der Waals surface area contributed by atoms with Crippen LogP contribution in [0.5, 0.6) is 5.75 Å². The first-order chi connectivity index (χ1) is 10.8. The maximum absolute atomic E-state index is 5.30. The van der Waals surface area contributed by atoms with Gasteiger partial charge in [-0.3, -0.25) is 0 Å². The molecule has 4 rings (SSSR count). The normalized spacial score (nSPS) is 11.0. The van der Waals surface area contributed by atoms with E-state index < -0.39 is 0 Å². The number of rotatable bonds is 3. The Morgan fingerprint density at radius 1 is 0.955 bits per heavy atom. The molecular formula is C16H13N5O. The first-order valence-corrected chi connectivity index (χ1v) is 6.84. The van der Waals surface area contributed by atoms with Crippen molar-refractivity contribution >= 4 is 10.9 Å². The van der Waals surface area contributed by atoms with Crippen LogP contribution in [0.25, 0.3) is 22.4 Å². The van der Waals surface area contributed by atoms with E-state index in [4.69, 9.17) is 4.74 Å². The molecule has 3 heterocycles. The Morgan fingerprint density at radius 2 is 1.73 bits per heavy atom. The monoisotopic (exact) mass is 291 g/mol. The van der Waals surface area contributed by atoms with Crippen molar-refractivity contribution in [1.82, 2.24) is 24.5 Å². The molecule has 6 heteroatoms. The number of fused-ring (bicyclic) bond motifs is 1. The molecule has 108 valence electrons. The van der Waals surface area contributed by atoms with Gasteiger partial charge in [0, 0.05) is 42.3 Å². The lowest BCUT2D eigenvalue weighted by atomic mass is 10.1.